The largest absolute Gasteiger partial charge is 0.507 e. The van der Waals surface area contributed by atoms with E-state index in [0.29, 0.717) is 23.3 Å². The zero-order valence-corrected chi connectivity index (χ0v) is 14.6. The lowest BCUT2D eigenvalue weighted by Gasteiger charge is -2.15. The third kappa shape index (κ3) is 3.47. The quantitative estimate of drug-likeness (QED) is 0.776. The van der Waals surface area contributed by atoms with Crippen LogP contribution < -0.4 is 4.74 Å². The molecule has 7 heteroatoms. The lowest BCUT2D eigenvalue weighted by molar-refractivity contribution is 0.315. The van der Waals surface area contributed by atoms with E-state index in [2.05, 4.69) is 0 Å². The standard InChI is InChI=1S/C17H20O6S/c1-4-9-23-24(20,21)15-8-5-11(2)16(17(15)19)13-7-6-12(22-3)10-14(13)18/h5-8,10,18-19H,4,9H2,1-3H3. The van der Waals surface area contributed by atoms with Crippen molar-refractivity contribution in [2.75, 3.05) is 13.7 Å². The molecule has 0 fully saturated rings. The SMILES string of the molecule is CCCOS(=O)(=O)c1ccc(C)c(-c2ccc(OC)cc2O)c1O. The number of methoxy groups -OCH3 is 1. The average Bonchev–Trinajstić information content (AvgIpc) is 2.54. The second-order valence-electron chi connectivity index (χ2n) is 5.26. The fourth-order valence-corrected chi connectivity index (χ4v) is 3.41. The summed E-state index contributed by atoms with van der Waals surface area (Å²) in [6, 6.07) is 7.41. The van der Waals surface area contributed by atoms with Crippen molar-refractivity contribution in [3.8, 4) is 28.4 Å². The van der Waals surface area contributed by atoms with Crippen molar-refractivity contribution in [3.05, 3.63) is 35.9 Å². The molecule has 2 aromatic rings. The Kier molecular flexibility index (Phi) is 5.36. The molecule has 0 bridgehead atoms. The maximum atomic E-state index is 12.2. The molecular weight excluding hydrogens is 332 g/mol. The molecule has 0 amide bonds. The Morgan fingerprint density at radius 2 is 1.83 bits per heavy atom. The van der Waals surface area contributed by atoms with E-state index < -0.39 is 15.9 Å². The molecule has 130 valence electrons. The Morgan fingerprint density at radius 3 is 2.42 bits per heavy atom. The second-order valence-corrected chi connectivity index (χ2v) is 6.85. The first-order valence-electron chi connectivity index (χ1n) is 7.41. The van der Waals surface area contributed by atoms with Crippen LogP contribution in [0.4, 0.5) is 0 Å². The predicted molar refractivity (Wildman–Crippen MR) is 89.9 cm³/mol. The van der Waals surface area contributed by atoms with Gasteiger partial charge in [-0.05, 0) is 37.1 Å². The molecule has 0 saturated heterocycles. The summed E-state index contributed by atoms with van der Waals surface area (Å²) in [5.41, 5.74) is 1.15. The van der Waals surface area contributed by atoms with Gasteiger partial charge in [0, 0.05) is 17.2 Å². The summed E-state index contributed by atoms with van der Waals surface area (Å²) >= 11 is 0. The summed E-state index contributed by atoms with van der Waals surface area (Å²) in [5, 5.41) is 20.7. The van der Waals surface area contributed by atoms with Crippen LogP contribution in [0.3, 0.4) is 0 Å². The van der Waals surface area contributed by atoms with Crippen LogP contribution in [0.15, 0.2) is 35.2 Å². The van der Waals surface area contributed by atoms with Crippen LogP contribution in [0.25, 0.3) is 11.1 Å². The Morgan fingerprint density at radius 1 is 1.12 bits per heavy atom. The minimum atomic E-state index is -4.08. The third-order valence-electron chi connectivity index (χ3n) is 3.54. The normalized spacial score (nSPS) is 11.5. The molecule has 2 N–H and O–H groups in total. The van der Waals surface area contributed by atoms with E-state index in [0.717, 1.165) is 0 Å². The van der Waals surface area contributed by atoms with Gasteiger partial charge in [-0.15, -0.1) is 0 Å². The highest BCUT2D eigenvalue weighted by molar-refractivity contribution is 7.86. The van der Waals surface area contributed by atoms with E-state index in [9.17, 15) is 18.6 Å². The second kappa shape index (κ2) is 7.11. The van der Waals surface area contributed by atoms with Crippen LogP contribution in [0.5, 0.6) is 17.2 Å². The smallest absolute Gasteiger partial charge is 0.300 e. The minimum absolute atomic E-state index is 0.0266. The van der Waals surface area contributed by atoms with Crippen molar-refractivity contribution in [1.29, 1.82) is 0 Å². The molecule has 0 radical (unpaired) electrons. The molecule has 0 spiro atoms. The van der Waals surface area contributed by atoms with Gasteiger partial charge in [0.15, 0.2) is 0 Å². The Hall–Kier alpha value is -2.25. The van der Waals surface area contributed by atoms with Crippen molar-refractivity contribution >= 4 is 10.1 Å². The molecule has 0 unspecified atom stereocenters. The highest BCUT2D eigenvalue weighted by Crippen LogP contribution is 2.42. The number of phenolic OH excluding ortho intramolecular Hbond substituents is 2. The van der Waals surface area contributed by atoms with Crippen LogP contribution in [-0.2, 0) is 14.3 Å². The highest BCUT2D eigenvalue weighted by atomic mass is 32.2. The fourth-order valence-electron chi connectivity index (χ4n) is 2.32. The van der Waals surface area contributed by atoms with E-state index in [1.807, 2.05) is 0 Å². The van der Waals surface area contributed by atoms with E-state index in [-0.39, 0.29) is 22.8 Å². The van der Waals surface area contributed by atoms with Crippen molar-refractivity contribution < 1.29 is 27.6 Å². The van der Waals surface area contributed by atoms with Crippen molar-refractivity contribution in [2.24, 2.45) is 0 Å². The molecular formula is C17H20O6S. The molecule has 0 atom stereocenters. The number of aryl methyl sites for hydroxylation is 1. The van der Waals surface area contributed by atoms with Gasteiger partial charge < -0.3 is 14.9 Å². The number of phenols is 2. The molecule has 24 heavy (non-hydrogen) atoms. The summed E-state index contributed by atoms with van der Waals surface area (Å²) in [6.45, 7) is 3.52. The highest BCUT2D eigenvalue weighted by Gasteiger charge is 2.24. The summed E-state index contributed by atoms with van der Waals surface area (Å²) < 4.78 is 34.4. The molecule has 2 rings (SSSR count). The topological polar surface area (TPSA) is 93.1 Å². The van der Waals surface area contributed by atoms with Crippen LogP contribution in [0, 0.1) is 6.92 Å². The Bertz CT molecular complexity index is 842. The fraction of sp³-hybridized carbons (Fsp3) is 0.294. The van der Waals surface area contributed by atoms with Crippen molar-refractivity contribution in [1.82, 2.24) is 0 Å². The van der Waals surface area contributed by atoms with E-state index in [1.165, 1.54) is 19.2 Å². The van der Waals surface area contributed by atoms with Gasteiger partial charge in [0.05, 0.1) is 13.7 Å². The predicted octanol–water partition coefficient (Wildman–Crippen LogP) is 3.20. The van der Waals surface area contributed by atoms with Crippen LogP contribution in [0.2, 0.25) is 0 Å². The maximum absolute atomic E-state index is 12.2. The van der Waals surface area contributed by atoms with Gasteiger partial charge >= 0.3 is 10.1 Å². The third-order valence-corrected chi connectivity index (χ3v) is 4.88. The molecule has 0 saturated carbocycles. The Balaban J connectivity index is 2.62. The van der Waals surface area contributed by atoms with Gasteiger partial charge in [-0.2, -0.15) is 8.42 Å². The zero-order chi connectivity index (χ0) is 17.9. The van der Waals surface area contributed by atoms with Crippen LogP contribution >= 0.6 is 0 Å². The summed E-state index contributed by atoms with van der Waals surface area (Å²) in [6.07, 6.45) is 0.526. The monoisotopic (exact) mass is 352 g/mol. The maximum Gasteiger partial charge on any atom is 0.300 e. The molecule has 0 aliphatic rings. The number of ether oxygens (including phenoxy) is 1. The lowest BCUT2D eigenvalue weighted by Crippen LogP contribution is -2.08. The number of hydrogen-bond acceptors (Lipinski definition) is 6. The molecule has 0 aliphatic carbocycles. The van der Waals surface area contributed by atoms with Gasteiger partial charge in [-0.25, -0.2) is 0 Å². The van der Waals surface area contributed by atoms with Gasteiger partial charge in [0.1, 0.15) is 22.1 Å². The first-order valence-corrected chi connectivity index (χ1v) is 8.82. The van der Waals surface area contributed by atoms with Crippen molar-refractivity contribution in [2.45, 2.75) is 25.2 Å². The van der Waals surface area contributed by atoms with E-state index >= 15 is 0 Å². The minimum Gasteiger partial charge on any atom is -0.507 e. The van der Waals surface area contributed by atoms with Crippen LogP contribution in [0.1, 0.15) is 18.9 Å². The number of rotatable bonds is 6. The first-order chi connectivity index (χ1) is 11.3. The molecule has 0 aliphatic heterocycles. The van der Waals surface area contributed by atoms with E-state index in [4.69, 9.17) is 8.92 Å². The van der Waals surface area contributed by atoms with Gasteiger partial charge in [-0.3, -0.25) is 4.18 Å². The van der Waals surface area contributed by atoms with Crippen molar-refractivity contribution in [3.63, 3.8) is 0 Å². The average molecular weight is 352 g/mol. The van der Waals surface area contributed by atoms with E-state index in [1.54, 1.807) is 32.0 Å². The van der Waals surface area contributed by atoms with Gasteiger partial charge in [-0.1, -0.05) is 13.0 Å². The Labute approximate surface area is 141 Å². The molecule has 0 aromatic heterocycles. The van der Waals surface area contributed by atoms with Gasteiger partial charge in [0.25, 0.3) is 0 Å². The number of hydrogen-bond donors (Lipinski definition) is 2. The number of aromatic hydroxyl groups is 2. The summed E-state index contributed by atoms with van der Waals surface area (Å²) in [5.74, 6) is -0.133. The van der Waals surface area contributed by atoms with Crippen LogP contribution in [-0.4, -0.2) is 32.3 Å². The molecule has 6 nitrogen and oxygen atoms in total. The molecule has 0 heterocycles. The molecule has 2 aromatic carbocycles. The lowest BCUT2D eigenvalue weighted by atomic mass is 9.98. The zero-order valence-electron chi connectivity index (χ0n) is 13.7. The number of benzene rings is 2. The first kappa shape index (κ1) is 18.1. The summed E-state index contributed by atoms with van der Waals surface area (Å²) in [4.78, 5) is -0.327. The van der Waals surface area contributed by atoms with Gasteiger partial charge in [0.2, 0.25) is 0 Å². The summed E-state index contributed by atoms with van der Waals surface area (Å²) in [7, 11) is -2.61.